The van der Waals surface area contributed by atoms with Crippen LogP contribution in [0.2, 0.25) is 0 Å². The first-order valence-corrected chi connectivity index (χ1v) is 10.8. The second kappa shape index (κ2) is 8.28. The summed E-state index contributed by atoms with van der Waals surface area (Å²) >= 11 is 3.39. The van der Waals surface area contributed by atoms with Gasteiger partial charge in [0, 0.05) is 15.0 Å². The number of nitriles is 1. The van der Waals surface area contributed by atoms with Gasteiger partial charge in [-0.2, -0.15) is 5.26 Å². The average Bonchev–Trinajstić information content (AvgIpc) is 2.91. The Bertz CT molecular complexity index is 831. The number of fused-ring (bicyclic) bond motifs is 1. The van der Waals surface area contributed by atoms with Crippen LogP contribution in [0.4, 0.5) is 5.00 Å². The third-order valence-corrected chi connectivity index (χ3v) is 6.72. The van der Waals surface area contributed by atoms with Gasteiger partial charge < -0.3 is 5.32 Å². The quantitative estimate of drug-likeness (QED) is 0.700. The largest absolute Gasteiger partial charge is 0.316 e. The minimum Gasteiger partial charge on any atom is -0.316 e. The molecule has 1 aromatic heterocycles. The maximum atomic E-state index is 12.5. The van der Waals surface area contributed by atoms with E-state index in [9.17, 15) is 10.1 Å². The lowest BCUT2D eigenvalue weighted by molar-refractivity contribution is -0.115. The summed E-state index contributed by atoms with van der Waals surface area (Å²) in [6.45, 7) is 6.58. The number of nitrogens with one attached hydrogen (secondary N) is 1. The van der Waals surface area contributed by atoms with E-state index in [0.29, 0.717) is 23.2 Å². The molecule has 1 N–H and O–H groups in total. The highest BCUT2D eigenvalue weighted by Gasteiger charge is 2.24. The number of rotatable bonds is 5. The number of carbonyl (C=O) groups is 1. The summed E-state index contributed by atoms with van der Waals surface area (Å²) in [4.78, 5) is 15.0. The van der Waals surface area contributed by atoms with Gasteiger partial charge in [-0.25, -0.2) is 0 Å². The fourth-order valence-corrected chi connectivity index (χ4v) is 5.49. The molecule has 1 atom stereocenters. The molecule has 0 fully saturated rings. The van der Waals surface area contributed by atoms with E-state index < -0.39 is 0 Å². The van der Waals surface area contributed by atoms with Gasteiger partial charge in [-0.3, -0.25) is 4.79 Å². The van der Waals surface area contributed by atoms with Crippen LogP contribution < -0.4 is 5.32 Å². The summed E-state index contributed by atoms with van der Waals surface area (Å²) < 4.78 is 0. The Kier molecular flexibility index (Phi) is 6.05. The van der Waals surface area contributed by atoms with E-state index in [2.05, 4.69) is 44.3 Å². The summed E-state index contributed by atoms with van der Waals surface area (Å²) in [5.41, 5.74) is 2.82. The Balaban J connectivity index is 1.68. The number of benzene rings is 1. The fraction of sp³-hybridized carbons (Fsp3) is 0.429. The van der Waals surface area contributed by atoms with Crippen LogP contribution in [0.3, 0.4) is 0 Å². The van der Waals surface area contributed by atoms with Gasteiger partial charge in [-0.15, -0.1) is 23.1 Å². The molecular formula is C21H24N2OS2. The molecule has 0 spiro atoms. The topological polar surface area (TPSA) is 52.9 Å². The highest BCUT2D eigenvalue weighted by Crippen LogP contribution is 2.39. The second-order valence-corrected chi connectivity index (χ2v) is 9.96. The zero-order valence-corrected chi connectivity index (χ0v) is 17.1. The van der Waals surface area contributed by atoms with E-state index in [-0.39, 0.29) is 5.91 Å². The Hall–Kier alpha value is -1.77. The van der Waals surface area contributed by atoms with Crippen molar-refractivity contribution in [3.05, 3.63) is 45.8 Å². The molecular weight excluding hydrogens is 360 g/mol. The molecule has 1 amide bonds. The molecule has 0 radical (unpaired) electrons. The van der Waals surface area contributed by atoms with Crippen LogP contribution in [0.15, 0.2) is 29.2 Å². The van der Waals surface area contributed by atoms with Crippen LogP contribution >= 0.6 is 23.1 Å². The smallest absolute Gasteiger partial charge is 0.229 e. The fourth-order valence-electron chi connectivity index (χ4n) is 3.27. The molecule has 0 saturated carbocycles. The molecule has 3 nitrogen and oxygen atoms in total. The standard InChI is InChI=1S/C21H24N2OS2/c1-13(2)25-16-7-5-15(6-8-16)11-20(24)23-21-18(12-22)17-9-4-14(3)10-19(17)26-21/h5-8,13-14H,4,9-11H2,1-3H3,(H,23,24). The summed E-state index contributed by atoms with van der Waals surface area (Å²) in [5, 5.41) is 13.8. The Morgan fingerprint density at radius 2 is 2.12 bits per heavy atom. The third kappa shape index (κ3) is 4.49. The van der Waals surface area contributed by atoms with Gasteiger partial charge in [0.2, 0.25) is 5.91 Å². The van der Waals surface area contributed by atoms with Gasteiger partial charge in [0.15, 0.2) is 0 Å². The second-order valence-electron chi connectivity index (χ2n) is 7.20. The van der Waals surface area contributed by atoms with E-state index in [1.807, 2.05) is 23.9 Å². The third-order valence-electron chi connectivity index (χ3n) is 4.54. The number of hydrogen-bond donors (Lipinski definition) is 1. The Morgan fingerprint density at radius 1 is 1.38 bits per heavy atom. The average molecular weight is 385 g/mol. The number of amides is 1. The zero-order valence-electron chi connectivity index (χ0n) is 15.5. The van der Waals surface area contributed by atoms with Crippen LogP contribution in [-0.4, -0.2) is 11.2 Å². The molecule has 1 aromatic carbocycles. The molecule has 1 heterocycles. The Labute approximate surface area is 163 Å². The maximum absolute atomic E-state index is 12.5. The minimum atomic E-state index is -0.0580. The van der Waals surface area contributed by atoms with Crippen molar-refractivity contribution in [2.75, 3.05) is 5.32 Å². The van der Waals surface area contributed by atoms with Crippen molar-refractivity contribution in [3.63, 3.8) is 0 Å². The molecule has 1 aliphatic rings. The van der Waals surface area contributed by atoms with Crippen LogP contribution in [0, 0.1) is 17.2 Å². The first kappa shape index (κ1) is 19.0. The van der Waals surface area contributed by atoms with Crippen LogP contribution in [0.1, 0.15) is 48.8 Å². The van der Waals surface area contributed by atoms with Crippen LogP contribution in [0.5, 0.6) is 0 Å². The van der Waals surface area contributed by atoms with Gasteiger partial charge in [0.1, 0.15) is 11.1 Å². The van der Waals surface area contributed by atoms with E-state index in [1.165, 1.54) is 9.77 Å². The number of anilines is 1. The van der Waals surface area contributed by atoms with Crippen LogP contribution in [0.25, 0.3) is 0 Å². The summed E-state index contributed by atoms with van der Waals surface area (Å²) in [6.07, 6.45) is 3.41. The number of hydrogen-bond acceptors (Lipinski definition) is 4. The molecule has 1 unspecified atom stereocenters. The molecule has 0 bridgehead atoms. The van der Waals surface area contributed by atoms with Crippen molar-refractivity contribution in [1.29, 1.82) is 5.26 Å². The Morgan fingerprint density at radius 3 is 2.77 bits per heavy atom. The number of thiophene rings is 1. The summed E-state index contributed by atoms with van der Waals surface area (Å²) in [5.74, 6) is 0.593. The van der Waals surface area contributed by atoms with Crippen molar-refractivity contribution in [2.45, 2.75) is 56.6 Å². The van der Waals surface area contributed by atoms with Gasteiger partial charge in [-0.1, -0.05) is 32.9 Å². The van der Waals surface area contributed by atoms with Crippen LogP contribution in [-0.2, 0) is 24.1 Å². The predicted octanol–water partition coefficient (Wildman–Crippen LogP) is 5.43. The van der Waals surface area contributed by atoms with E-state index >= 15 is 0 Å². The zero-order chi connectivity index (χ0) is 18.7. The van der Waals surface area contributed by atoms with Crippen molar-refractivity contribution in [3.8, 4) is 6.07 Å². The first-order chi connectivity index (χ1) is 12.5. The summed E-state index contributed by atoms with van der Waals surface area (Å²) in [6, 6.07) is 10.5. The predicted molar refractivity (Wildman–Crippen MR) is 110 cm³/mol. The molecule has 1 aliphatic carbocycles. The van der Waals surface area contributed by atoms with Gasteiger partial charge >= 0.3 is 0 Å². The van der Waals surface area contributed by atoms with Gasteiger partial charge in [0.25, 0.3) is 0 Å². The highest BCUT2D eigenvalue weighted by atomic mass is 32.2. The lowest BCUT2D eigenvalue weighted by Crippen LogP contribution is -2.14. The molecule has 136 valence electrons. The van der Waals surface area contributed by atoms with E-state index in [1.54, 1.807) is 11.3 Å². The molecule has 5 heteroatoms. The molecule has 0 saturated heterocycles. The highest BCUT2D eigenvalue weighted by molar-refractivity contribution is 7.99. The summed E-state index contributed by atoms with van der Waals surface area (Å²) in [7, 11) is 0. The van der Waals surface area contributed by atoms with Crippen molar-refractivity contribution >= 4 is 34.0 Å². The molecule has 0 aliphatic heterocycles. The lowest BCUT2D eigenvalue weighted by atomic mass is 9.88. The minimum absolute atomic E-state index is 0.0580. The SMILES string of the molecule is CC1CCc2c(sc(NC(=O)Cc3ccc(SC(C)C)cc3)c2C#N)C1. The maximum Gasteiger partial charge on any atom is 0.229 e. The lowest BCUT2D eigenvalue weighted by Gasteiger charge is -2.17. The van der Waals surface area contributed by atoms with Gasteiger partial charge in [-0.05, 0) is 48.4 Å². The normalized spacial score (nSPS) is 16.2. The number of carbonyl (C=O) groups excluding carboxylic acids is 1. The number of thioether (sulfide) groups is 1. The van der Waals surface area contributed by atoms with E-state index in [4.69, 9.17) is 0 Å². The monoisotopic (exact) mass is 384 g/mol. The van der Waals surface area contributed by atoms with Crippen molar-refractivity contribution in [1.82, 2.24) is 0 Å². The van der Waals surface area contributed by atoms with Gasteiger partial charge in [0.05, 0.1) is 12.0 Å². The van der Waals surface area contributed by atoms with Crippen molar-refractivity contribution < 1.29 is 4.79 Å². The molecule has 26 heavy (non-hydrogen) atoms. The number of nitrogens with zero attached hydrogens (tertiary/aromatic N) is 1. The molecule has 2 aromatic rings. The first-order valence-electron chi connectivity index (χ1n) is 9.06. The van der Waals surface area contributed by atoms with E-state index in [0.717, 1.165) is 35.4 Å². The molecule has 3 rings (SSSR count). The van der Waals surface area contributed by atoms with Crippen molar-refractivity contribution in [2.24, 2.45) is 5.92 Å².